The predicted molar refractivity (Wildman–Crippen MR) is 80.5 cm³/mol. The van der Waals surface area contributed by atoms with Crippen LogP contribution in [0, 0.1) is 0 Å². The summed E-state index contributed by atoms with van der Waals surface area (Å²) in [5, 5.41) is -0.272. The van der Waals surface area contributed by atoms with E-state index in [4.69, 9.17) is 4.42 Å². The second-order valence-electron chi connectivity index (χ2n) is 4.73. The number of aromatic nitrogens is 1. The Balaban J connectivity index is 2.19. The van der Waals surface area contributed by atoms with E-state index >= 15 is 0 Å². The molecule has 1 aromatic heterocycles. The number of nitrogens with zero attached hydrogens (tertiary/aromatic N) is 3. The van der Waals surface area contributed by atoms with Gasteiger partial charge in [-0.3, -0.25) is 0 Å². The van der Waals surface area contributed by atoms with E-state index in [0.717, 1.165) is 16.5 Å². The fraction of sp³-hybridized carbons (Fsp3) is 0.357. The highest BCUT2D eigenvalue weighted by Gasteiger charge is 2.24. The fourth-order valence-corrected chi connectivity index (χ4v) is 2.56. The number of oxazole rings is 1. The summed E-state index contributed by atoms with van der Waals surface area (Å²) in [7, 11) is -0.734. The van der Waals surface area contributed by atoms with Crippen LogP contribution in [0.4, 0.5) is 5.69 Å². The summed E-state index contributed by atoms with van der Waals surface area (Å²) in [5.41, 5.74) is 1.05. The van der Waals surface area contributed by atoms with E-state index in [-0.39, 0.29) is 5.22 Å². The van der Waals surface area contributed by atoms with Gasteiger partial charge in [-0.1, -0.05) is 18.2 Å². The van der Waals surface area contributed by atoms with Crippen LogP contribution in [0.15, 0.2) is 46.2 Å². The number of hydrogen-bond donors (Lipinski definition) is 0. The van der Waals surface area contributed by atoms with Crippen LogP contribution >= 0.6 is 0 Å². The van der Waals surface area contributed by atoms with Crippen LogP contribution < -0.4 is 4.90 Å². The van der Waals surface area contributed by atoms with Crippen molar-refractivity contribution >= 4 is 15.7 Å². The van der Waals surface area contributed by atoms with E-state index in [9.17, 15) is 8.42 Å². The van der Waals surface area contributed by atoms with Crippen molar-refractivity contribution in [3.63, 3.8) is 0 Å². The molecule has 2 aromatic rings. The summed E-state index contributed by atoms with van der Waals surface area (Å²) in [6.07, 6.45) is 1.46. The monoisotopic (exact) mass is 309 g/mol. The Bertz CT molecular complexity index is 680. The third-order valence-corrected chi connectivity index (χ3v) is 4.68. The van der Waals surface area contributed by atoms with Crippen LogP contribution in [-0.4, -0.2) is 38.3 Å². The molecule has 0 N–H and O–H groups in total. The van der Waals surface area contributed by atoms with Gasteiger partial charge in [-0.25, -0.2) is 13.4 Å². The van der Waals surface area contributed by atoms with Gasteiger partial charge in [-0.05, 0) is 19.1 Å². The Labute approximate surface area is 125 Å². The quantitative estimate of drug-likeness (QED) is 0.816. The lowest BCUT2D eigenvalue weighted by atomic mass is 10.3. The largest absolute Gasteiger partial charge is 0.430 e. The molecular formula is C14H19N3O3S. The summed E-state index contributed by atoms with van der Waals surface area (Å²) >= 11 is 0. The van der Waals surface area contributed by atoms with Crippen molar-refractivity contribution in [2.45, 2.75) is 18.7 Å². The molecule has 114 valence electrons. The SMILES string of the molecule is CCN(Cc1cnc(S(=O)(=O)N(C)C)o1)c1ccccc1. The van der Waals surface area contributed by atoms with E-state index in [1.165, 1.54) is 20.3 Å². The lowest BCUT2D eigenvalue weighted by Gasteiger charge is -2.21. The molecule has 0 saturated carbocycles. The zero-order chi connectivity index (χ0) is 15.5. The maximum absolute atomic E-state index is 11.9. The standard InChI is InChI=1S/C14H19N3O3S/c1-4-17(12-8-6-5-7-9-12)11-13-10-15-14(20-13)21(18,19)16(2)3/h5-10H,4,11H2,1-3H3. The molecule has 6 nitrogen and oxygen atoms in total. The molecule has 2 rings (SSSR count). The van der Waals surface area contributed by atoms with Crippen LogP contribution in [-0.2, 0) is 16.6 Å². The van der Waals surface area contributed by atoms with E-state index < -0.39 is 10.0 Å². The van der Waals surface area contributed by atoms with Gasteiger partial charge in [0, 0.05) is 26.3 Å². The Morgan fingerprint density at radius 3 is 2.43 bits per heavy atom. The highest BCUT2D eigenvalue weighted by atomic mass is 32.2. The maximum Gasteiger partial charge on any atom is 0.331 e. The highest BCUT2D eigenvalue weighted by molar-refractivity contribution is 7.88. The number of hydrogen-bond acceptors (Lipinski definition) is 5. The van der Waals surface area contributed by atoms with Gasteiger partial charge in [-0.2, -0.15) is 4.31 Å². The first-order chi connectivity index (χ1) is 9.95. The normalized spacial score (nSPS) is 11.8. The minimum atomic E-state index is -3.63. The molecule has 0 spiro atoms. The van der Waals surface area contributed by atoms with Crippen LogP contribution in [0.5, 0.6) is 0 Å². The second-order valence-corrected chi connectivity index (χ2v) is 6.76. The Kier molecular flexibility index (Phi) is 4.64. The molecule has 21 heavy (non-hydrogen) atoms. The molecule has 0 bridgehead atoms. The van der Waals surface area contributed by atoms with Gasteiger partial charge in [0.1, 0.15) is 5.76 Å². The van der Waals surface area contributed by atoms with Crippen molar-refractivity contribution < 1.29 is 12.8 Å². The number of para-hydroxylation sites is 1. The minimum Gasteiger partial charge on any atom is -0.430 e. The Hall–Kier alpha value is -1.86. The third kappa shape index (κ3) is 3.43. The van der Waals surface area contributed by atoms with Crippen LogP contribution in [0.25, 0.3) is 0 Å². The van der Waals surface area contributed by atoms with Gasteiger partial charge in [0.15, 0.2) is 0 Å². The smallest absolute Gasteiger partial charge is 0.331 e. The average Bonchev–Trinajstić information content (AvgIpc) is 2.94. The summed E-state index contributed by atoms with van der Waals surface area (Å²) in [6, 6.07) is 9.86. The van der Waals surface area contributed by atoms with Crippen LogP contribution in [0.3, 0.4) is 0 Å². The van der Waals surface area contributed by atoms with Crippen molar-refractivity contribution in [1.29, 1.82) is 0 Å². The second kappa shape index (κ2) is 6.28. The van der Waals surface area contributed by atoms with Crippen molar-refractivity contribution in [2.24, 2.45) is 0 Å². The van der Waals surface area contributed by atoms with Gasteiger partial charge < -0.3 is 9.32 Å². The van der Waals surface area contributed by atoms with Gasteiger partial charge in [-0.15, -0.1) is 0 Å². The summed E-state index contributed by atoms with van der Waals surface area (Å²) < 4.78 is 30.3. The molecule has 0 amide bonds. The van der Waals surface area contributed by atoms with Crippen molar-refractivity contribution in [3.05, 3.63) is 42.3 Å². The van der Waals surface area contributed by atoms with Gasteiger partial charge >= 0.3 is 5.22 Å². The minimum absolute atomic E-state index is 0.272. The fourth-order valence-electron chi connectivity index (χ4n) is 1.85. The van der Waals surface area contributed by atoms with Crippen molar-refractivity contribution in [1.82, 2.24) is 9.29 Å². The molecule has 0 atom stereocenters. The summed E-state index contributed by atoms with van der Waals surface area (Å²) in [5.74, 6) is 0.515. The molecule has 0 aliphatic heterocycles. The molecule has 7 heteroatoms. The number of benzene rings is 1. The van der Waals surface area contributed by atoms with Crippen molar-refractivity contribution in [3.8, 4) is 0 Å². The molecule has 0 aliphatic rings. The molecule has 0 unspecified atom stereocenters. The van der Waals surface area contributed by atoms with Crippen LogP contribution in [0.1, 0.15) is 12.7 Å². The Morgan fingerprint density at radius 1 is 1.19 bits per heavy atom. The van der Waals surface area contributed by atoms with Crippen molar-refractivity contribution in [2.75, 3.05) is 25.5 Å². The lowest BCUT2D eigenvalue weighted by Crippen LogP contribution is -2.23. The lowest BCUT2D eigenvalue weighted by molar-refractivity contribution is 0.382. The first kappa shape index (κ1) is 15.5. The van der Waals surface area contributed by atoms with Crippen LogP contribution in [0.2, 0.25) is 0 Å². The first-order valence-corrected chi connectivity index (χ1v) is 8.06. The number of anilines is 1. The van der Waals surface area contributed by atoms with Gasteiger partial charge in [0.25, 0.3) is 10.0 Å². The zero-order valence-electron chi connectivity index (χ0n) is 12.4. The van der Waals surface area contributed by atoms with E-state index in [2.05, 4.69) is 9.88 Å². The molecule has 0 saturated heterocycles. The molecule has 1 heterocycles. The first-order valence-electron chi connectivity index (χ1n) is 6.62. The number of sulfonamides is 1. The van der Waals surface area contributed by atoms with Gasteiger partial charge in [0.05, 0.1) is 12.7 Å². The summed E-state index contributed by atoms with van der Waals surface area (Å²) in [4.78, 5) is 5.94. The van der Waals surface area contributed by atoms with E-state index in [0.29, 0.717) is 12.3 Å². The molecule has 0 aliphatic carbocycles. The predicted octanol–water partition coefficient (Wildman–Crippen LogP) is 1.95. The Morgan fingerprint density at radius 2 is 1.86 bits per heavy atom. The summed E-state index contributed by atoms with van der Waals surface area (Å²) in [6.45, 7) is 3.28. The molecule has 1 aromatic carbocycles. The maximum atomic E-state index is 11.9. The average molecular weight is 309 g/mol. The highest BCUT2D eigenvalue weighted by Crippen LogP contribution is 2.19. The van der Waals surface area contributed by atoms with E-state index in [1.54, 1.807) is 0 Å². The topological polar surface area (TPSA) is 66.7 Å². The third-order valence-electron chi connectivity index (χ3n) is 3.08. The molecular weight excluding hydrogens is 290 g/mol. The van der Waals surface area contributed by atoms with E-state index in [1.807, 2.05) is 37.3 Å². The number of rotatable bonds is 6. The zero-order valence-corrected chi connectivity index (χ0v) is 13.2. The van der Waals surface area contributed by atoms with Gasteiger partial charge in [0.2, 0.25) is 0 Å². The molecule has 0 fully saturated rings. The molecule has 0 radical (unpaired) electrons.